The molecule has 138 valence electrons. The van der Waals surface area contributed by atoms with Crippen LogP contribution in [0.2, 0.25) is 0 Å². The lowest BCUT2D eigenvalue weighted by Gasteiger charge is -2.26. The van der Waals surface area contributed by atoms with E-state index < -0.39 is 11.7 Å². The zero-order valence-corrected chi connectivity index (χ0v) is 14.8. The molecule has 0 bridgehead atoms. The van der Waals surface area contributed by atoms with Crippen molar-refractivity contribution in [2.75, 3.05) is 18.5 Å². The molecule has 0 saturated heterocycles. The lowest BCUT2D eigenvalue weighted by atomic mass is 10.1. The number of quaternary nitrogens is 1. The van der Waals surface area contributed by atoms with Crippen molar-refractivity contribution in [3.05, 3.63) is 65.2 Å². The molecule has 0 radical (unpaired) electrons. The Balaban J connectivity index is 1.66. The summed E-state index contributed by atoms with van der Waals surface area (Å²) in [6.45, 7) is 3.03. The van der Waals surface area contributed by atoms with Crippen LogP contribution in [0.25, 0.3) is 0 Å². The molecule has 1 unspecified atom stereocenters. The predicted molar refractivity (Wildman–Crippen MR) is 94.0 cm³/mol. The summed E-state index contributed by atoms with van der Waals surface area (Å²) >= 11 is 0. The molecule has 0 aromatic heterocycles. The molecule has 1 aliphatic rings. The first-order chi connectivity index (χ1) is 12.3. The van der Waals surface area contributed by atoms with Crippen LogP contribution < -0.4 is 9.80 Å². The van der Waals surface area contributed by atoms with Gasteiger partial charge in [-0.25, -0.2) is 0 Å². The molecule has 0 spiro atoms. The minimum atomic E-state index is -4.33. The average molecular weight is 363 g/mol. The van der Waals surface area contributed by atoms with E-state index >= 15 is 0 Å². The Hall–Kier alpha value is -2.34. The normalized spacial score (nSPS) is 16.3. The molecule has 0 aliphatic carbocycles. The fraction of sp³-hybridized carbons (Fsp3) is 0.350. The smallest absolute Gasteiger partial charge is 0.324 e. The van der Waals surface area contributed by atoms with Gasteiger partial charge < -0.3 is 9.80 Å². The van der Waals surface area contributed by atoms with Crippen molar-refractivity contribution in [1.82, 2.24) is 0 Å². The van der Waals surface area contributed by atoms with Gasteiger partial charge in [0, 0.05) is 17.8 Å². The lowest BCUT2D eigenvalue weighted by molar-refractivity contribution is -0.908. The molecule has 1 heterocycles. The highest BCUT2D eigenvalue weighted by Crippen LogP contribution is 2.29. The number of benzene rings is 2. The van der Waals surface area contributed by atoms with E-state index in [-0.39, 0.29) is 11.9 Å². The molecule has 26 heavy (non-hydrogen) atoms. The van der Waals surface area contributed by atoms with Crippen molar-refractivity contribution in [2.45, 2.75) is 32.1 Å². The van der Waals surface area contributed by atoms with Gasteiger partial charge in [-0.05, 0) is 37.1 Å². The summed E-state index contributed by atoms with van der Waals surface area (Å²) in [6, 6.07) is 12.7. The highest BCUT2D eigenvalue weighted by molar-refractivity contribution is 5.97. The fourth-order valence-corrected chi connectivity index (χ4v) is 3.30. The lowest BCUT2D eigenvalue weighted by Crippen LogP contribution is -3.12. The maximum Gasteiger partial charge on any atom is 0.416 e. The number of nitrogens with zero attached hydrogens (tertiary/aromatic N) is 1. The molecule has 2 aromatic rings. The SMILES string of the molecule is C[C@@H](C(=O)N1CCc2ccccc21)[NH+](C)Cc1ccc(C(F)(F)F)cc1. The molecule has 2 atom stereocenters. The van der Waals surface area contributed by atoms with Crippen LogP contribution in [0.1, 0.15) is 23.6 Å². The van der Waals surface area contributed by atoms with Crippen LogP contribution in [0.5, 0.6) is 0 Å². The van der Waals surface area contributed by atoms with E-state index in [1.807, 2.05) is 43.1 Å². The Morgan fingerprint density at radius 2 is 1.81 bits per heavy atom. The Bertz CT molecular complexity index is 786. The van der Waals surface area contributed by atoms with Crippen LogP contribution in [0.15, 0.2) is 48.5 Å². The number of anilines is 1. The van der Waals surface area contributed by atoms with Gasteiger partial charge in [-0.15, -0.1) is 0 Å². The Morgan fingerprint density at radius 1 is 1.15 bits per heavy atom. The molecule has 3 rings (SSSR count). The standard InChI is InChI=1S/C20H21F3N2O/c1-14(19(26)25-12-11-16-5-3-4-6-18(16)25)24(2)13-15-7-9-17(10-8-15)20(21,22)23/h3-10,14H,11-13H2,1-2H3/p+1/t14-/m0/s1. The number of para-hydroxylation sites is 1. The third-order valence-electron chi connectivity index (χ3n) is 5.03. The van der Waals surface area contributed by atoms with Crippen molar-refractivity contribution in [2.24, 2.45) is 0 Å². The summed E-state index contributed by atoms with van der Waals surface area (Å²) in [5, 5.41) is 0. The number of halogens is 3. The molecule has 2 aromatic carbocycles. The van der Waals surface area contributed by atoms with Crippen LogP contribution in [0.4, 0.5) is 18.9 Å². The summed E-state index contributed by atoms with van der Waals surface area (Å²) in [6.07, 6.45) is -3.48. The minimum absolute atomic E-state index is 0.0411. The van der Waals surface area contributed by atoms with Gasteiger partial charge in [0.25, 0.3) is 5.91 Å². The van der Waals surface area contributed by atoms with E-state index in [1.54, 1.807) is 0 Å². The summed E-state index contributed by atoms with van der Waals surface area (Å²) < 4.78 is 38.0. The summed E-state index contributed by atoms with van der Waals surface area (Å²) in [5.74, 6) is 0.0411. The van der Waals surface area contributed by atoms with E-state index in [2.05, 4.69) is 0 Å². The molecule has 1 aliphatic heterocycles. The van der Waals surface area contributed by atoms with Crippen molar-refractivity contribution in [3.63, 3.8) is 0 Å². The topological polar surface area (TPSA) is 24.8 Å². The average Bonchev–Trinajstić information content (AvgIpc) is 3.04. The van der Waals surface area contributed by atoms with Gasteiger partial charge in [0.05, 0.1) is 12.6 Å². The summed E-state index contributed by atoms with van der Waals surface area (Å²) in [7, 11) is 1.89. The number of rotatable bonds is 4. The van der Waals surface area contributed by atoms with Crippen LogP contribution in [0, 0.1) is 0 Å². The van der Waals surface area contributed by atoms with Crippen molar-refractivity contribution in [1.29, 1.82) is 0 Å². The highest BCUT2D eigenvalue weighted by atomic mass is 19.4. The number of fused-ring (bicyclic) bond motifs is 1. The minimum Gasteiger partial charge on any atom is -0.324 e. The fourth-order valence-electron chi connectivity index (χ4n) is 3.30. The van der Waals surface area contributed by atoms with Gasteiger partial charge >= 0.3 is 6.18 Å². The van der Waals surface area contributed by atoms with E-state index in [0.29, 0.717) is 13.1 Å². The molecule has 1 amide bonds. The maximum absolute atomic E-state index is 12.9. The number of nitrogens with one attached hydrogen (secondary N) is 1. The van der Waals surface area contributed by atoms with Gasteiger partial charge in [0.15, 0.2) is 6.04 Å². The molecule has 6 heteroatoms. The number of hydrogen-bond donors (Lipinski definition) is 1. The summed E-state index contributed by atoms with van der Waals surface area (Å²) in [4.78, 5) is 15.6. The second-order valence-electron chi connectivity index (χ2n) is 6.81. The number of likely N-dealkylation sites (N-methyl/N-ethyl adjacent to an activating group) is 1. The monoisotopic (exact) mass is 363 g/mol. The summed E-state index contributed by atoms with van der Waals surface area (Å²) in [5.41, 5.74) is 2.26. The van der Waals surface area contributed by atoms with Crippen LogP contribution in [0.3, 0.4) is 0 Å². The van der Waals surface area contributed by atoms with E-state index in [0.717, 1.165) is 34.7 Å². The first-order valence-corrected chi connectivity index (χ1v) is 8.65. The van der Waals surface area contributed by atoms with Crippen molar-refractivity contribution >= 4 is 11.6 Å². The second kappa shape index (κ2) is 7.11. The van der Waals surface area contributed by atoms with Gasteiger partial charge in [0.1, 0.15) is 6.54 Å². The Morgan fingerprint density at radius 3 is 2.46 bits per heavy atom. The zero-order valence-electron chi connectivity index (χ0n) is 14.8. The van der Waals surface area contributed by atoms with E-state index in [4.69, 9.17) is 0 Å². The number of alkyl halides is 3. The zero-order chi connectivity index (χ0) is 18.9. The third kappa shape index (κ3) is 3.75. The number of amides is 1. The quantitative estimate of drug-likeness (QED) is 0.888. The highest BCUT2D eigenvalue weighted by Gasteiger charge is 2.32. The van der Waals surface area contributed by atoms with Gasteiger partial charge in [-0.3, -0.25) is 4.79 Å². The van der Waals surface area contributed by atoms with Crippen LogP contribution >= 0.6 is 0 Å². The largest absolute Gasteiger partial charge is 0.416 e. The first-order valence-electron chi connectivity index (χ1n) is 8.65. The number of carbonyl (C=O) groups excluding carboxylic acids is 1. The molecular weight excluding hydrogens is 341 g/mol. The van der Waals surface area contributed by atoms with E-state index in [9.17, 15) is 18.0 Å². The van der Waals surface area contributed by atoms with Crippen molar-refractivity contribution in [3.8, 4) is 0 Å². The number of carbonyl (C=O) groups is 1. The van der Waals surface area contributed by atoms with Gasteiger partial charge in [-0.1, -0.05) is 30.3 Å². The van der Waals surface area contributed by atoms with Crippen LogP contribution in [-0.2, 0) is 23.9 Å². The van der Waals surface area contributed by atoms with E-state index in [1.165, 1.54) is 17.7 Å². The Labute approximate surface area is 151 Å². The van der Waals surface area contributed by atoms with Gasteiger partial charge in [0.2, 0.25) is 0 Å². The molecular formula is C20H22F3N2O+. The molecule has 3 nitrogen and oxygen atoms in total. The van der Waals surface area contributed by atoms with Crippen LogP contribution in [-0.4, -0.2) is 25.5 Å². The predicted octanol–water partition coefficient (Wildman–Crippen LogP) is 2.70. The Kier molecular flexibility index (Phi) is 5.05. The van der Waals surface area contributed by atoms with Crippen molar-refractivity contribution < 1.29 is 22.9 Å². The first kappa shape index (κ1) is 18.5. The molecule has 0 fully saturated rings. The molecule has 1 N–H and O–H groups in total. The second-order valence-corrected chi connectivity index (χ2v) is 6.81. The van der Waals surface area contributed by atoms with Gasteiger partial charge in [-0.2, -0.15) is 13.2 Å². The number of hydrogen-bond acceptors (Lipinski definition) is 1. The third-order valence-corrected chi connectivity index (χ3v) is 5.03. The molecule has 0 saturated carbocycles. The maximum atomic E-state index is 12.9.